The fourth-order valence-corrected chi connectivity index (χ4v) is 6.05. The molecule has 0 unspecified atom stereocenters. The SMILES string of the molecule is c1ccc(-c2cc(-c3cccc(-c4nc(-c5ccccc5)nc(-c5ccccc5)n4)c3)c3c(c2)-c2ccccc2C3)cc1. The smallest absolute Gasteiger partial charge is 0.164 e. The van der Waals surface area contributed by atoms with Crippen LogP contribution in [0.25, 0.3) is 67.5 Å². The van der Waals surface area contributed by atoms with Gasteiger partial charge in [-0.15, -0.1) is 0 Å². The second kappa shape index (κ2) is 10.6. The molecule has 0 bridgehead atoms. The van der Waals surface area contributed by atoms with Gasteiger partial charge < -0.3 is 0 Å². The van der Waals surface area contributed by atoms with Crippen LogP contribution in [-0.2, 0) is 6.42 Å². The van der Waals surface area contributed by atoms with Crippen molar-refractivity contribution in [2.75, 3.05) is 0 Å². The topological polar surface area (TPSA) is 38.7 Å². The van der Waals surface area contributed by atoms with E-state index in [0.717, 1.165) is 28.7 Å². The summed E-state index contributed by atoms with van der Waals surface area (Å²) < 4.78 is 0. The van der Waals surface area contributed by atoms with Crippen LogP contribution in [0.2, 0.25) is 0 Å². The maximum Gasteiger partial charge on any atom is 0.164 e. The molecule has 1 heterocycles. The van der Waals surface area contributed by atoms with E-state index in [9.17, 15) is 0 Å². The summed E-state index contributed by atoms with van der Waals surface area (Å²) in [4.78, 5) is 14.8. The van der Waals surface area contributed by atoms with Crippen LogP contribution in [-0.4, -0.2) is 15.0 Å². The molecule has 1 aliphatic carbocycles. The lowest BCUT2D eigenvalue weighted by Gasteiger charge is -2.14. The first-order valence-electron chi connectivity index (χ1n) is 14.6. The van der Waals surface area contributed by atoms with Gasteiger partial charge >= 0.3 is 0 Å². The summed E-state index contributed by atoms with van der Waals surface area (Å²) in [5.41, 5.74) is 13.1. The van der Waals surface area contributed by atoms with E-state index < -0.39 is 0 Å². The molecule has 0 spiro atoms. The second-order valence-corrected chi connectivity index (χ2v) is 10.9. The van der Waals surface area contributed by atoms with Crippen LogP contribution < -0.4 is 0 Å². The predicted molar refractivity (Wildman–Crippen MR) is 175 cm³/mol. The van der Waals surface area contributed by atoms with Crippen LogP contribution >= 0.6 is 0 Å². The average molecular weight is 550 g/mol. The Balaban J connectivity index is 1.30. The van der Waals surface area contributed by atoms with Crippen molar-refractivity contribution in [2.45, 2.75) is 6.42 Å². The van der Waals surface area contributed by atoms with Crippen molar-refractivity contribution in [1.82, 2.24) is 15.0 Å². The first-order chi connectivity index (χ1) is 21.3. The standard InChI is InChI=1S/C40H27N3/c1-4-13-27(14-5-1)33-25-35(37-24-31-19-10-11-22-34(31)36(37)26-33)30-20-12-21-32(23-30)40-42-38(28-15-6-2-7-16-28)41-39(43-40)29-17-8-3-9-18-29/h1-23,25-26H,24H2. The largest absolute Gasteiger partial charge is 0.208 e. The monoisotopic (exact) mass is 549 g/mol. The van der Waals surface area contributed by atoms with E-state index in [-0.39, 0.29) is 0 Å². The van der Waals surface area contributed by atoms with E-state index in [1.807, 2.05) is 60.7 Å². The van der Waals surface area contributed by atoms with Crippen molar-refractivity contribution < 1.29 is 0 Å². The zero-order valence-corrected chi connectivity index (χ0v) is 23.5. The molecular weight excluding hydrogens is 522 g/mol. The average Bonchev–Trinajstić information content (AvgIpc) is 3.48. The van der Waals surface area contributed by atoms with Crippen molar-refractivity contribution in [3.8, 4) is 67.5 Å². The molecule has 43 heavy (non-hydrogen) atoms. The summed E-state index contributed by atoms with van der Waals surface area (Å²) >= 11 is 0. The van der Waals surface area contributed by atoms with Gasteiger partial charge in [-0.2, -0.15) is 0 Å². The van der Waals surface area contributed by atoms with Gasteiger partial charge in [0.05, 0.1) is 0 Å². The number of nitrogens with zero attached hydrogens (tertiary/aromatic N) is 3. The van der Waals surface area contributed by atoms with Crippen LogP contribution in [0.5, 0.6) is 0 Å². The lowest BCUT2D eigenvalue weighted by Crippen LogP contribution is -2.00. The molecule has 202 valence electrons. The van der Waals surface area contributed by atoms with Crippen LogP contribution in [0.4, 0.5) is 0 Å². The van der Waals surface area contributed by atoms with E-state index in [4.69, 9.17) is 15.0 Å². The lowest BCUT2D eigenvalue weighted by molar-refractivity contribution is 1.07. The number of hydrogen-bond donors (Lipinski definition) is 0. The van der Waals surface area contributed by atoms with Crippen molar-refractivity contribution in [3.63, 3.8) is 0 Å². The molecule has 1 aromatic heterocycles. The summed E-state index contributed by atoms with van der Waals surface area (Å²) in [6.45, 7) is 0. The molecule has 0 aliphatic heterocycles. The zero-order chi connectivity index (χ0) is 28.6. The van der Waals surface area contributed by atoms with Gasteiger partial charge in [0.1, 0.15) is 0 Å². The third-order valence-corrected chi connectivity index (χ3v) is 8.16. The van der Waals surface area contributed by atoms with Crippen molar-refractivity contribution >= 4 is 0 Å². The Hall–Kier alpha value is -5.67. The molecule has 0 atom stereocenters. The number of fused-ring (bicyclic) bond motifs is 3. The minimum Gasteiger partial charge on any atom is -0.208 e. The summed E-state index contributed by atoms with van der Waals surface area (Å²) in [7, 11) is 0. The Bertz CT molecular complexity index is 2030. The maximum absolute atomic E-state index is 4.98. The van der Waals surface area contributed by atoms with Gasteiger partial charge in [-0.25, -0.2) is 15.0 Å². The third kappa shape index (κ3) is 4.71. The van der Waals surface area contributed by atoms with Crippen LogP contribution in [0.15, 0.2) is 152 Å². The molecule has 3 nitrogen and oxygen atoms in total. The number of rotatable bonds is 5. The van der Waals surface area contributed by atoms with E-state index in [1.165, 1.54) is 38.9 Å². The third-order valence-electron chi connectivity index (χ3n) is 8.16. The fourth-order valence-electron chi connectivity index (χ4n) is 6.05. The fraction of sp³-hybridized carbons (Fsp3) is 0.0250. The molecule has 3 heteroatoms. The van der Waals surface area contributed by atoms with E-state index in [0.29, 0.717) is 17.5 Å². The van der Waals surface area contributed by atoms with Gasteiger partial charge in [0, 0.05) is 16.7 Å². The van der Waals surface area contributed by atoms with Crippen LogP contribution in [0.3, 0.4) is 0 Å². The molecule has 0 saturated heterocycles. The van der Waals surface area contributed by atoms with Crippen molar-refractivity contribution in [2.24, 2.45) is 0 Å². The molecule has 0 saturated carbocycles. The van der Waals surface area contributed by atoms with E-state index in [2.05, 4.69) is 91.0 Å². The first-order valence-corrected chi connectivity index (χ1v) is 14.6. The minimum atomic E-state index is 0.661. The van der Waals surface area contributed by atoms with Gasteiger partial charge in [0.25, 0.3) is 0 Å². The molecule has 1 aliphatic rings. The molecule has 0 N–H and O–H groups in total. The summed E-state index contributed by atoms with van der Waals surface area (Å²) in [5.74, 6) is 1.99. The summed E-state index contributed by atoms with van der Waals surface area (Å²) in [6.07, 6.45) is 0.919. The molecule has 6 aromatic carbocycles. The zero-order valence-electron chi connectivity index (χ0n) is 23.5. The number of benzene rings is 6. The predicted octanol–water partition coefficient (Wildman–Crippen LogP) is 9.78. The molecule has 7 aromatic rings. The van der Waals surface area contributed by atoms with Crippen LogP contribution in [0, 0.1) is 0 Å². The van der Waals surface area contributed by atoms with E-state index in [1.54, 1.807) is 0 Å². The first kappa shape index (κ1) is 25.1. The van der Waals surface area contributed by atoms with E-state index >= 15 is 0 Å². The Morgan fingerprint density at radius 2 is 0.814 bits per heavy atom. The molecule has 8 rings (SSSR count). The summed E-state index contributed by atoms with van der Waals surface area (Å²) in [6, 6.07) is 53.0. The Labute approximate surface area is 251 Å². The number of hydrogen-bond acceptors (Lipinski definition) is 3. The highest BCUT2D eigenvalue weighted by molar-refractivity contribution is 5.90. The second-order valence-electron chi connectivity index (χ2n) is 10.9. The summed E-state index contributed by atoms with van der Waals surface area (Å²) in [5, 5.41) is 0. The van der Waals surface area contributed by atoms with Gasteiger partial charge in [-0.1, -0.05) is 133 Å². The quantitative estimate of drug-likeness (QED) is 0.214. The van der Waals surface area contributed by atoms with Gasteiger partial charge in [0.2, 0.25) is 0 Å². The highest BCUT2D eigenvalue weighted by Gasteiger charge is 2.23. The lowest BCUT2D eigenvalue weighted by atomic mass is 9.90. The molecule has 0 amide bonds. The Morgan fingerprint density at radius 3 is 1.47 bits per heavy atom. The molecule has 0 radical (unpaired) electrons. The van der Waals surface area contributed by atoms with Crippen LogP contribution in [0.1, 0.15) is 11.1 Å². The highest BCUT2D eigenvalue weighted by Crippen LogP contribution is 2.44. The number of aromatic nitrogens is 3. The minimum absolute atomic E-state index is 0.661. The van der Waals surface area contributed by atoms with Gasteiger partial charge in [-0.3, -0.25) is 0 Å². The Morgan fingerprint density at radius 1 is 0.326 bits per heavy atom. The van der Waals surface area contributed by atoms with Crippen molar-refractivity contribution in [3.05, 3.63) is 163 Å². The molecular formula is C40H27N3. The van der Waals surface area contributed by atoms with Crippen molar-refractivity contribution in [1.29, 1.82) is 0 Å². The normalized spacial score (nSPS) is 11.6. The van der Waals surface area contributed by atoms with Gasteiger partial charge in [0.15, 0.2) is 17.5 Å². The highest BCUT2D eigenvalue weighted by atomic mass is 15.0. The maximum atomic E-state index is 4.98. The Kier molecular flexibility index (Phi) is 6.20. The molecule has 0 fully saturated rings. The van der Waals surface area contributed by atoms with Gasteiger partial charge in [-0.05, 0) is 69.1 Å².